The fourth-order valence-electron chi connectivity index (χ4n) is 3.35. The Hall–Kier alpha value is -3.35. The second kappa shape index (κ2) is 8.41. The molecule has 0 saturated carbocycles. The summed E-state index contributed by atoms with van der Waals surface area (Å²) in [6, 6.07) is 15.8. The molecule has 3 rings (SSSR count). The van der Waals surface area contributed by atoms with E-state index < -0.39 is 23.6 Å². The summed E-state index contributed by atoms with van der Waals surface area (Å²) in [4.78, 5) is 13.1. The van der Waals surface area contributed by atoms with Gasteiger partial charge in [-0.1, -0.05) is 30.3 Å². The van der Waals surface area contributed by atoms with E-state index in [1.54, 1.807) is 5.32 Å². The van der Waals surface area contributed by atoms with Gasteiger partial charge in [-0.25, -0.2) is 4.39 Å². The molecule has 0 bridgehead atoms. The molecule has 162 valence electrons. The molecule has 3 aromatic rings. The number of aryl methyl sites for hydroxylation is 2. The first-order valence-corrected chi connectivity index (χ1v) is 9.54. The number of nitrogens with one attached hydrogen (secondary N) is 1. The SMILES string of the molecule is Cc1cc(-c2ccc(NC(=O)C(F)(F)F)c(F)c2)c(C)cc1-c1ccc(N(C)C)cc1. The fraction of sp³-hybridized carbons (Fsp3) is 0.208. The minimum Gasteiger partial charge on any atom is -0.378 e. The van der Waals surface area contributed by atoms with Crippen molar-refractivity contribution in [2.24, 2.45) is 0 Å². The van der Waals surface area contributed by atoms with E-state index in [0.29, 0.717) is 5.56 Å². The van der Waals surface area contributed by atoms with Crippen molar-refractivity contribution in [3.8, 4) is 22.3 Å². The normalized spacial score (nSPS) is 11.4. The summed E-state index contributed by atoms with van der Waals surface area (Å²) in [5.74, 6) is -3.15. The smallest absolute Gasteiger partial charge is 0.378 e. The molecule has 0 aliphatic carbocycles. The summed E-state index contributed by atoms with van der Waals surface area (Å²) in [5.41, 5.74) is 5.81. The molecule has 0 atom stereocenters. The molecule has 1 N–H and O–H groups in total. The van der Waals surface area contributed by atoms with Gasteiger partial charge in [-0.3, -0.25) is 4.79 Å². The molecule has 0 saturated heterocycles. The van der Waals surface area contributed by atoms with Crippen LogP contribution in [0.1, 0.15) is 11.1 Å². The zero-order valence-electron chi connectivity index (χ0n) is 17.6. The average Bonchev–Trinajstić information content (AvgIpc) is 2.70. The predicted octanol–water partition coefficient (Wildman–Crippen LogP) is 6.34. The fourth-order valence-corrected chi connectivity index (χ4v) is 3.35. The number of carbonyl (C=O) groups is 1. The Labute approximate surface area is 178 Å². The molecule has 1 amide bonds. The molecule has 0 spiro atoms. The van der Waals surface area contributed by atoms with Crippen molar-refractivity contribution in [1.29, 1.82) is 0 Å². The van der Waals surface area contributed by atoms with Crippen LogP contribution in [0.3, 0.4) is 0 Å². The lowest BCUT2D eigenvalue weighted by Gasteiger charge is -2.16. The summed E-state index contributed by atoms with van der Waals surface area (Å²) >= 11 is 0. The maximum Gasteiger partial charge on any atom is 0.471 e. The van der Waals surface area contributed by atoms with Crippen LogP contribution in [0.15, 0.2) is 54.6 Å². The van der Waals surface area contributed by atoms with Gasteiger partial charge in [-0.2, -0.15) is 13.2 Å². The first-order chi connectivity index (χ1) is 14.5. The molecular weight excluding hydrogens is 408 g/mol. The maximum atomic E-state index is 14.4. The third kappa shape index (κ3) is 4.87. The van der Waals surface area contributed by atoms with Crippen LogP contribution in [-0.4, -0.2) is 26.2 Å². The Bertz CT molecular complexity index is 1120. The van der Waals surface area contributed by atoms with Gasteiger partial charge in [0.05, 0.1) is 5.69 Å². The van der Waals surface area contributed by atoms with E-state index in [2.05, 4.69) is 0 Å². The molecular formula is C24H22F4N2O. The molecule has 0 fully saturated rings. The predicted molar refractivity (Wildman–Crippen MR) is 116 cm³/mol. The molecule has 0 aromatic heterocycles. The van der Waals surface area contributed by atoms with E-state index in [4.69, 9.17) is 0 Å². The van der Waals surface area contributed by atoms with Crippen LogP contribution in [-0.2, 0) is 4.79 Å². The van der Waals surface area contributed by atoms with Crippen LogP contribution in [0.5, 0.6) is 0 Å². The monoisotopic (exact) mass is 430 g/mol. The van der Waals surface area contributed by atoms with E-state index in [-0.39, 0.29) is 0 Å². The molecule has 7 heteroatoms. The lowest BCUT2D eigenvalue weighted by Crippen LogP contribution is -2.30. The third-order valence-corrected chi connectivity index (χ3v) is 5.05. The Balaban J connectivity index is 1.93. The Morgan fingerprint density at radius 3 is 1.84 bits per heavy atom. The molecule has 0 unspecified atom stereocenters. The number of nitrogens with zero attached hydrogens (tertiary/aromatic N) is 1. The number of hydrogen-bond acceptors (Lipinski definition) is 2. The highest BCUT2D eigenvalue weighted by molar-refractivity contribution is 5.95. The van der Waals surface area contributed by atoms with Crippen molar-refractivity contribution in [3.05, 3.63) is 71.5 Å². The molecule has 0 heterocycles. The zero-order chi connectivity index (χ0) is 22.9. The van der Waals surface area contributed by atoms with Crippen LogP contribution in [0.25, 0.3) is 22.3 Å². The van der Waals surface area contributed by atoms with Gasteiger partial charge in [0, 0.05) is 19.8 Å². The average molecular weight is 430 g/mol. The van der Waals surface area contributed by atoms with Crippen molar-refractivity contribution < 1.29 is 22.4 Å². The van der Waals surface area contributed by atoms with Gasteiger partial charge in [-0.05, 0) is 71.5 Å². The molecule has 0 aliphatic rings. The minimum absolute atomic E-state index is 0.512. The topological polar surface area (TPSA) is 32.3 Å². The van der Waals surface area contributed by atoms with Crippen LogP contribution >= 0.6 is 0 Å². The maximum absolute atomic E-state index is 14.4. The van der Waals surface area contributed by atoms with Crippen LogP contribution in [0, 0.1) is 19.7 Å². The molecule has 0 aliphatic heterocycles. The number of amides is 1. The van der Waals surface area contributed by atoms with Crippen LogP contribution in [0.4, 0.5) is 28.9 Å². The lowest BCUT2D eigenvalue weighted by molar-refractivity contribution is -0.167. The van der Waals surface area contributed by atoms with Crippen LogP contribution < -0.4 is 10.2 Å². The standard InChI is InChI=1S/C24H22F4N2O/c1-14-12-20(15(2)11-19(14)16-5-8-18(9-6-16)30(3)4)17-7-10-22(21(25)13-17)29-23(31)24(26,27)28/h5-13H,1-4H3,(H,29,31). The second-order valence-corrected chi connectivity index (χ2v) is 7.57. The number of hydrogen-bond donors (Lipinski definition) is 1. The van der Waals surface area contributed by atoms with E-state index in [1.807, 2.05) is 69.2 Å². The van der Waals surface area contributed by atoms with Gasteiger partial charge in [0.2, 0.25) is 0 Å². The van der Waals surface area contributed by atoms with Crippen molar-refractivity contribution in [2.75, 3.05) is 24.3 Å². The molecule has 3 nitrogen and oxygen atoms in total. The first-order valence-electron chi connectivity index (χ1n) is 9.54. The summed E-state index contributed by atoms with van der Waals surface area (Å²) in [6.07, 6.45) is -5.08. The number of rotatable bonds is 4. The zero-order valence-corrected chi connectivity index (χ0v) is 17.6. The van der Waals surface area contributed by atoms with E-state index in [0.717, 1.165) is 45.6 Å². The minimum atomic E-state index is -5.08. The number of halogens is 4. The quantitative estimate of drug-likeness (QED) is 0.490. The van der Waals surface area contributed by atoms with E-state index in [1.165, 1.54) is 6.07 Å². The van der Waals surface area contributed by atoms with E-state index in [9.17, 15) is 22.4 Å². The van der Waals surface area contributed by atoms with E-state index >= 15 is 0 Å². The van der Waals surface area contributed by atoms with Crippen molar-refractivity contribution >= 4 is 17.3 Å². The first kappa shape index (κ1) is 22.3. The summed E-state index contributed by atoms with van der Waals surface area (Å²) in [5, 5.41) is 1.56. The van der Waals surface area contributed by atoms with Crippen LogP contribution in [0.2, 0.25) is 0 Å². The van der Waals surface area contributed by atoms with Gasteiger partial charge in [0.25, 0.3) is 0 Å². The van der Waals surface area contributed by atoms with Gasteiger partial charge in [0.1, 0.15) is 5.82 Å². The van der Waals surface area contributed by atoms with Gasteiger partial charge < -0.3 is 10.2 Å². The Kier molecular flexibility index (Phi) is 6.06. The number of carbonyl (C=O) groups excluding carboxylic acids is 1. The highest BCUT2D eigenvalue weighted by atomic mass is 19.4. The number of alkyl halides is 3. The highest BCUT2D eigenvalue weighted by Gasteiger charge is 2.39. The van der Waals surface area contributed by atoms with Gasteiger partial charge in [-0.15, -0.1) is 0 Å². The molecule has 3 aromatic carbocycles. The van der Waals surface area contributed by atoms with Gasteiger partial charge >= 0.3 is 12.1 Å². The van der Waals surface area contributed by atoms with Crippen molar-refractivity contribution in [2.45, 2.75) is 20.0 Å². The number of benzene rings is 3. The van der Waals surface area contributed by atoms with Crippen molar-refractivity contribution in [3.63, 3.8) is 0 Å². The van der Waals surface area contributed by atoms with Gasteiger partial charge in [0.15, 0.2) is 0 Å². The third-order valence-electron chi connectivity index (χ3n) is 5.05. The summed E-state index contributed by atoms with van der Waals surface area (Å²) in [7, 11) is 3.94. The molecule has 0 radical (unpaired) electrons. The largest absolute Gasteiger partial charge is 0.471 e. The lowest BCUT2D eigenvalue weighted by atomic mass is 9.91. The summed E-state index contributed by atoms with van der Waals surface area (Å²) < 4.78 is 51.6. The highest BCUT2D eigenvalue weighted by Crippen LogP contribution is 2.34. The Morgan fingerprint density at radius 1 is 0.839 bits per heavy atom. The summed E-state index contributed by atoms with van der Waals surface area (Å²) in [6.45, 7) is 3.84. The molecule has 31 heavy (non-hydrogen) atoms. The number of anilines is 2. The van der Waals surface area contributed by atoms with Crippen molar-refractivity contribution in [1.82, 2.24) is 0 Å². The second-order valence-electron chi connectivity index (χ2n) is 7.57. The Morgan fingerprint density at radius 2 is 1.35 bits per heavy atom.